The van der Waals surface area contributed by atoms with Crippen LogP contribution in [-0.2, 0) is 19.1 Å². The van der Waals surface area contributed by atoms with Crippen molar-refractivity contribution in [3.63, 3.8) is 0 Å². The zero-order chi connectivity index (χ0) is 21.7. The number of esters is 1. The number of likely N-dealkylation sites (tertiary alicyclic amines) is 1. The highest BCUT2D eigenvalue weighted by Crippen LogP contribution is 2.40. The van der Waals surface area contributed by atoms with Gasteiger partial charge in [0, 0.05) is 6.04 Å². The molecule has 0 aromatic heterocycles. The molecule has 0 spiro atoms. The van der Waals surface area contributed by atoms with E-state index < -0.39 is 36.0 Å². The van der Waals surface area contributed by atoms with Gasteiger partial charge in [-0.05, 0) is 52.4 Å². The van der Waals surface area contributed by atoms with Gasteiger partial charge in [0.15, 0.2) is 0 Å². The Bertz CT molecular complexity index is 625. The number of fused-ring (bicyclic) bond motifs is 1. The molecular formula is C20H33N3O6. The topological polar surface area (TPSA) is 117 Å². The maximum atomic E-state index is 13.3. The number of nitroso groups, excluding NO2 is 1. The highest BCUT2D eigenvalue weighted by Gasteiger charge is 2.49. The number of hydrogen-bond donors (Lipinski definition) is 1. The second kappa shape index (κ2) is 10.0. The van der Waals surface area contributed by atoms with E-state index in [4.69, 9.17) is 4.74 Å². The number of carbonyl (C=O) groups excluding carboxylic acids is 2. The smallest absolute Gasteiger partial charge is 0.330 e. The molecule has 0 unspecified atom stereocenters. The quantitative estimate of drug-likeness (QED) is 0.352. The number of aliphatic carboxylic acids is 1. The van der Waals surface area contributed by atoms with Crippen molar-refractivity contribution < 1.29 is 24.2 Å². The van der Waals surface area contributed by atoms with Gasteiger partial charge < -0.3 is 14.7 Å². The number of carbonyl (C=O) groups is 3. The van der Waals surface area contributed by atoms with Crippen LogP contribution in [0.4, 0.5) is 0 Å². The fraction of sp³-hybridized carbons (Fsp3) is 0.850. The maximum Gasteiger partial charge on any atom is 0.330 e. The molecule has 1 amide bonds. The molecule has 29 heavy (non-hydrogen) atoms. The Kier molecular flexibility index (Phi) is 7.98. The largest absolute Gasteiger partial charge is 0.480 e. The average molecular weight is 411 g/mol. The molecule has 1 saturated carbocycles. The summed E-state index contributed by atoms with van der Waals surface area (Å²) in [6, 6.07) is -3.07. The Morgan fingerprint density at radius 3 is 2.41 bits per heavy atom. The van der Waals surface area contributed by atoms with Crippen molar-refractivity contribution in [1.82, 2.24) is 9.91 Å². The molecule has 0 aromatic rings. The lowest BCUT2D eigenvalue weighted by Gasteiger charge is -2.37. The summed E-state index contributed by atoms with van der Waals surface area (Å²) in [4.78, 5) is 50.8. The van der Waals surface area contributed by atoms with Gasteiger partial charge in [0.1, 0.15) is 18.1 Å². The van der Waals surface area contributed by atoms with Crippen molar-refractivity contribution in [3.8, 4) is 0 Å². The van der Waals surface area contributed by atoms with Crippen molar-refractivity contribution >= 4 is 17.8 Å². The van der Waals surface area contributed by atoms with Crippen LogP contribution < -0.4 is 0 Å². The van der Waals surface area contributed by atoms with E-state index in [9.17, 15) is 24.4 Å². The molecule has 9 nitrogen and oxygen atoms in total. The number of nitrogens with zero attached hydrogens (tertiary/aromatic N) is 3. The van der Waals surface area contributed by atoms with Gasteiger partial charge in [-0.3, -0.25) is 4.79 Å². The summed E-state index contributed by atoms with van der Waals surface area (Å²) in [6.45, 7) is 6.78. The molecule has 1 aliphatic carbocycles. The Morgan fingerprint density at radius 1 is 1.21 bits per heavy atom. The zero-order valence-corrected chi connectivity index (χ0v) is 17.7. The maximum absolute atomic E-state index is 13.3. The van der Waals surface area contributed by atoms with E-state index in [1.54, 1.807) is 13.8 Å². The monoisotopic (exact) mass is 411 g/mol. The summed E-state index contributed by atoms with van der Waals surface area (Å²) in [6.07, 6.45) is 4.62. The number of carboxylic acid groups (broad SMARTS) is 1. The lowest BCUT2D eigenvalue weighted by Crippen LogP contribution is -2.55. The highest BCUT2D eigenvalue weighted by molar-refractivity contribution is 5.88. The first kappa shape index (κ1) is 23.1. The molecule has 0 radical (unpaired) electrons. The first-order valence-electron chi connectivity index (χ1n) is 10.6. The van der Waals surface area contributed by atoms with E-state index in [0.29, 0.717) is 19.3 Å². The van der Waals surface area contributed by atoms with E-state index in [2.05, 4.69) is 5.29 Å². The molecule has 1 saturated heterocycles. The molecule has 2 rings (SSSR count). The van der Waals surface area contributed by atoms with Crippen molar-refractivity contribution in [2.75, 3.05) is 0 Å². The van der Waals surface area contributed by atoms with Gasteiger partial charge in [-0.2, -0.15) is 0 Å². The molecule has 5 atom stereocenters. The Labute approximate surface area is 171 Å². The van der Waals surface area contributed by atoms with E-state index >= 15 is 0 Å². The minimum atomic E-state index is -1.05. The first-order valence-corrected chi connectivity index (χ1v) is 10.6. The number of ether oxygens (including phenoxy) is 1. The standard InChI is InChI=1S/C20H33N3O6/c1-5-8-16(20(27)29-12(2)3)23(21-28)13(4)18(24)22-15-10-7-6-9-14(15)11-17(22)19(25)26/h12-17H,5-11H2,1-4H3,(H,25,26)/t13-,14-,15-,16-,17-/m0/s1. The van der Waals surface area contributed by atoms with Crippen molar-refractivity contribution in [2.45, 2.75) is 103 Å². The van der Waals surface area contributed by atoms with Crippen LogP contribution in [-0.4, -0.2) is 63.1 Å². The van der Waals surface area contributed by atoms with Gasteiger partial charge in [-0.25, -0.2) is 14.6 Å². The summed E-state index contributed by atoms with van der Waals surface area (Å²) in [7, 11) is 0. The Balaban J connectivity index is 2.26. The van der Waals surface area contributed by atoms with Crippen LogP contribution in [0.5, 0.6) is 0 Å². The number of hydrogen-bond acceptors (Lipinski definition) is 6. The molecule has 164 valence electrons. The van der Waals surface area contributed by atoms with Crippen LogP contribution in [0.15, 0.2) is 5.29 Å². The second-order valence-corrected chi connectivity index (χ2v) is 8.37. The third-order valence-corrected chi connectivity index (χ3v) is 5.98. The van der Waals surface area contributed by atoms with Crippen LogP contribution in [0.1, 0.15) is 72.6 Å². The Morgan fingerprint density at radius 2 is 1.86 bits per heavy atom. The van der Waals surface area contributed by atoms with Crippen LogP contribution >= 0.6 is 0 Å². The second-order valence-electron chi connectivity index (χ2n) is 8.37. The minimum absolute atomic E-state index is 0.138. The molecule has 1 aliphatic heterocycles. The summed E-state index contributed by atoms with van der Waals surface area (Å²) in [5.74, 6) is -1.94. The van der Waals surface area contributed by atoms with Gasteiger partial charge in [-0.1, -0.05) is 26.2 Å². The van der Waals surface area contributed by atoms with Crippen LogP contribution in [0.3, 0.4) is 0 Å². The van der Waals surface area contributed by atoms with Crippen LogP contribution in [0, 0.1) is 10.8 Å². The third-order valence-electron chi connectivity index (χ3n) is 5.98. The number of carboxylic acids is 1. The van der Waals surface area contributed by atoms with E-state index in [1.807, 2.05) is 6.92 Å². The molecule has 9 heteroatoms. The highest BCUT2D eigenvalue weighted by atomic mass is 16.5. The van der Waals surface area contributed by atoms with Crippen molar-refractivity contribution in [3.05, 3.63) is 4.91 Å². The summed E-state index contributed by atoms with van der Waals surface area (Å²) >= 11 is 0. The summed E-state index contributed by atoms with van der Waals surface area (Å²) in [5, 5.41) is 13.6. The van der Waals surface area contributed by atoms with Gasteiger partial charge in [0.2, 0.25) is 5.91 Å². The lowest BCUT2D eigenvalue weighted by molar-refractivity contribution is -0.159. The van der Waals surface area contributed by atoms with Gasteiger partial charge >= 0.3 is 11.9 Å². The summed E-state index contributed by atoms with van der Waals surface area (Å²) in [5.41, 5.74) is 0. The molecular weight excluding hydrogens is 378 g/mol. The predicted octanol–water partition coefficient (Wildman–Crippen LogP) is 2.72. The van der Waals surface area contributed by atoms with Gasteiger partial charge in [0.25, 0.3) is 0 Å². The van der Waals surface area contributed by atoms with Crippen molar-refractivity contribution in [1.29, 1.82) is 0 Å². The van der Waals surface area contributed by atoms with Gasteiger partial charge in [-0.15, -0.1) is 4.91 Å². The number of amides is 1. The van der Waals surface area contributed by atoms with E-state index in [1.165, 1.54) is 11.8 Å². The Hall–Kier alpha value is -2.19. The molecule has 1 N–H and O–H groups in total. The molecule has 2 fully saturated rings. The molecule has 2 aliphatic rings. The molecule has 0 bridgehead atoms. The number of rotatable bonds is 9. The van der Waals surface area contributed by atoms with E-state index in [-0.39, 0.29) is 18.1 Å². The fourth-order valence-corrected chi connectivity index (χ4v) is 4.67. The SMILES string of the molecule is CCC[C@@H](C(=O)OC(C)C)N(N=O)[C@@H](C)C(=O)N1[C@H](C(=O)O)C[C@@H]2CCCC[C@@H]21. The minimum Gasteiger partial charge on any atom is -0.480 e. The third kappa shape index (κ3) is 5.05. The zero-order valence-electron chi connectivity index (χ0n) is 17.7. The predicted molar refractivity (Wildman–Crippen MR) is 106 cm³/mol. The average Bonchev–Trinajstić information content (AvgIpc) is 3.06. The van der Waals surface area contributed by atoms with Crippen molar-refractivity contribution in [2.24, 2.45) is 11.2 Å². The van der Waals surface area contributed by atoms with E-state index in [0.717, 1.165) is 30.7 Å². The van der Waals surface area contributed by atoms with Crippen LogP contribution in [0.2, 0.25) is 0 Å². The fourth-order valence-electron chi connectivity index (χ4n) is 4.67. The van der Waals surface area contributed by atoms with Gasteiger partial charge in [0.05, 0.1) is 11.4 Å². The normalized spacial score (nSPS) is 25.8. The molecule has 1 heterocycles. The van der Waals surface area contributed by atoms with Crippen LogP contribution in [0.25, 0.3) is 0 Å². The summed E-state index contributed by atoms with van der Waals surface area (Å²) < 4.78 is 5.25. The first-order chi connectivity index (χ1) is 13.7. The lowest BCUT2D eigenvalue weighted by atomic mass is 9.84. The molecule has 0 aromatic carbocycles.